The zero-order valence-corrected chi connectivity index (χ0v) is 28.6. The van der Waals surface area contributed by atoms with Crippen LogP contribution in [0.25, 0.3) is 11.1 Å². The Morgan fingerprint density at radius 3 is 2.24 bits per heavy atom. The molecule has 8 nitrogen and oxygen atoms in total. The third-order valence-corrected chi connectivity index (χ3v) is 10.6. The second kappa shape index (κ2) is 15.8. The summed E-state index contributed by atoms with van der Waals surface area (Å²) in [5.74, 6) is -1.03. The number of nitrogens with zero attached hydrogens (tertiary/aromatic N) is 3. The minimum atomic E-state index is -4.44. The molecule has 6 rings (SSSR count). The van der Waals surface area contributed by atoms with Gasteiger partial charge in [0.25, 0.3) is 11.8 Å². The number of Topliss-reactive ketones (excluding diaryl/α,β-unsaturated/α-hetero) is 1. The molecule has 0 saturated carbocycles. The Morgan fingerprint density at radius 2 is 1.57 bits per heavy atom. The standard InChI is InChI=1S/C38H38F4N4O4S/c39-29-11-7-25(8-12-29)34(48)26-13-17-45(18-14-26)22-30(47)21-43-35(49)33-23-51-36(44-33)27-15-19-46(20-16-27)37(50)32-4-2-1-3-31(32)24-5-9-28(10-6-24)38(40,41)42/h1-12,23,26-27,30,47H,13-22H2,(H,43,49). The van der Waals surface area contributed by atoms with Gasteiger partial charge in [-0.3, -0.25) is 14.4 Å². The highest BCUT2D eigenvalue weighted by Crippen LogP contribution is 2.34. The van der Waals surface area contributed by atoms with Gasteiger partial charge in [-0.1, -0.05) is 30.3 Å². The first kappa shape index (κ1) is 36.3. The Bertz CT molecular complexity index is 1830. The average molecular weight is 723 g/mol. The molecule has 2 amide bonds. The highest BCUT2D eigenvalue weighted by molar-refractivity contribution is 7.09. The molecule has 1 atom stereocenters. The van der Waals surface area contributed by atoms with Crippen LogP contribution in [0.3, 0.4) is 0 Å². The maximum Gasteiger partial charge on any atom is 0.416 e. The fourth-order valence-corrected chi connectivity index (χ4v) is 7.70. The number of hydrogen-bond acceptors (Lipinski definition) is 7. The van der Waals surface area contributed by atoms with Crippen LogP contribution in [-0.2, 0) is 6.18 Å². The van der Waals surface area contributed by atoms with E-state index in [1.807, 2.05) is 0 Å². The number of carbonyl (C=O) groups excluding carboxylic acids is 3. The van der Waals surface area contributed by atoms with Crippen LogP contribution in [0, 0.1) is 11.7 Å². The molecule has 2 aliphatic rings. The number of ketones is 1. The fraction of sp³-hybridized carbons (Fsp3) is 0.368. The number of alkyl halides is 3. The van der Waals surface area contributed by atoms with Gasteiger partial charge in [-0.05, 0) is 92.4 Å². The van der Waals surface area contributed by atoms with E-state index in [1.165, 1.54) is 47.7 Å². The highest BCUT2D eigenvalue weighted by atomic mass is 32.1. The van der Waals surface area contributed by atoms with Crippen molar-refractivity contribution < 1.29 is 37.1 Å². The SMILES string of the molecule is O=C(NCC(O)CN1CCC(C(=O)c2ccc(F)cc2)CC1)c1csc(C2CCN(C(=O)c3ccccc3-c3ccc(C(F)(F)F)cc3)CC2)n1. The van der Waals surface area contributed by atoms with Gasteiger partial charge in [0.1, 0.15) is 11.5 Å². The zero-order valence-electron chi connectivity index (χ0n) is 27.7. The lowest BCUT2D eigenvalue weighted by Crippen LogP contribution is -2.44. The van der Waals surface area contributed by atoms with Gasteiger partial charge in [-0.2, -0.15) is 13.2 Å². The van der Waals surface area contributed by atoms with Crippen molar-refractivity contribution in [3.8, 4) is 11.1 Å². The van der Waals surface area contributed by atoms with Crippen molar-refractivity contribution in [2.75, 3.05) is 39.3 Å². The molecule has 1 aromatic heterocycles. The van der Waals surface area contributed by atoms with Crippen LogP contribution in [0.5, 0.6) is 0 Å². The molecule has 268 valence electrons. The van der Waals surface area contributed by atoms with Gasteiger partial charge >= 0.3 is 6.18 Å². The number of piperidine rings is 2. The smallest absolute Gasteiger partial charge is 0.390 e. The Hall–Kier alpha value is -4.46. The molecule has 0 aliphatic carbocycles. The van der Waals surface area contributed by atoms with Crippen LogP contribution >= 0.6 is 11.3 Å². The molecule has 1 unspecified atom stereocenters. The van der Waals surface area contributed by atoms with Crippen LogP contribution in [0.1, 0.15) is 73.4 Å². The molecule has 4 aromatic rings. The molecule has 0 spiro atoms. The number of benzene rings is 3. The second-order valence-corrected chi connectivity index (χ2v) is 14.0. The summed E-state index contributed by atoms with van der Waals surface area (Å²) in [4.78, 5) is 47.5. The van der Waals surface area contributed by atoms with E-state index in [1.54, 1.807) is 34.5 Å². The normalized spacial score (nSPS) is 16.9. The number of likely N-dealkylation sites (tertiary alicyclic amines) is 2. The van der Waals surface area contributed by atoms with Crippen molar-refractivity contribution in [2.45, 2.75) is 43.9 Å². The summed E-state index contributed by atoms with van der Waals surface area (Å²) < 4.78 is 52.4. The number of hydrogen-bond donors (Lipinski definition) is 2. The van der Waals surface area contributed by atoms with Gasteiger partial charge in [0, 0.05) is 54.5 Å². The van der Waals surface area contributed by atoms with Crippen molar-refractivity contribution in [1.29, 1.82) is 0 Å². The summed E-state index contributed by atoms with van der Waals surface area (Å²) in [7, 11) is 0. The van der Waals surface area contributed by atoms with E-state index in [9.17, 15) is 37.1 Å². The Labute approximate surface area is 297 Å². The predicted octanol–water partition coefficient (Wildman–Crippen LogP) is 6.67. The van der Waals surface area contributed by atoms with Crippen LogP contribution in [0.15, 0.2) is 78.2 Å². The first-order valence-electron chi connectivity index (χ1n) is 17.0. The predicted molar refractivity (Wildman–Crippen MR) is 185 cm³/mol. The van der Waals surface area contributed by atoms with Crippen LogP contribution in [0.2, 0.25) is 0 Å². The third-order valence-electron chi connectivity index (χ3n) is 9.62. The first-order chi connectivity index (χ1) is 24.5. The van der Waals surface area contributed by atoms with Crippen LogP contribution in [-0.4, -0.2) is 82.9 Å². The van der Waals surface area contributed by atoms with E-state index in [-0.39, 0.29) is 47.5 Å². The van der Waals surface area contributed by atoms with Crippen molar-refractivity contribution >= 4 is 28.9 Å². The molecule has 2 saturated heterocycles. The number of halogens is 4. The number of amides is 2. The zero-order chi connectivity index (χ0) is 36.1. The van der Waals surface area contributed by atoms with Gasteiger partial charge in [0.05, 0.1) is 16.7 Å². The largest absolute Gasteiger partial charge is 0.416 e. The summed E-state index contributed by atoms with van der Waals surface area (Å²) in [6, 6.07) is 17.3. The molecular weight excluding hydrogens is 685 g/mol. The summed E-state index contributed by atoms with van der Waals surface area (Å²) in [5, 5.41) is 15.9. The molecule has 3 heterocycles. The first-order valence-corrected chi connectivity index (χ1v) is 17.8. The summed E-state index contributed by atoms with van der Waals surface area (Å²) in [6.45, 7) is 2.61. The van der Waals surface area contributed by atoms with Gasteiger partial charge in [0.2, 0.25) is 0 Å². The maximum absolute atomic E-state index is 13.5. The molecule has 2 aliphatic heterocycles. The van der Waals surface area contributed by atoms with Crippen molar-refractivity contribution in [3.05, 3.63) is 111 Å². The van der Waals surface area contributed by atoms with E-state index in [4.69, 9.17) is 0 Å². The number of β-amino-alcohol motifs (C(OH)–C–C–N with tert-alkyl or cyclic N) is 1. The molecule has 0 bridgehead atoms. The van der Waals surface area contributed by atoms with E-state index < -0.39 is 17.8 Å². The third kappa shape index (κ3) is 8.89. The quantitative estimate of drug-likeness (QED) is 0.140. The Balaban J connectivity index is 0.950. The summed E-state index contributed by atoms with van der Waals surface area (Å²) in [6.07, 6.45) is -2.68. The number of rotatable bonds is 10. The lowest BCUT2D eigenvalue weighted by molar-refractivity contribution is -0.137. The lowest BCUT2D eigenvalue weighted by atomic mass is 9.89. The second-order valence-electron chi connectivity index (χ2n) is 13.1. The monoisotopic (exact) mass is 722 g/mol. The van der Waals surface area contributed by atoms with Crippen LogP contribution < -0.4 is 5.32 Å². The van der Waals surface area contributed by atoms with E-state index in [0.717, 1.165) is 17.1 Å². The molecular formula is C38H38F4N4O4S. The Morgan fingerprint density at radius 1 is 0.902 bits per heavy atom. The summed E-state index contributed by atoms with van der Waals surface area (Å²) >= 11 is 1.38. The van der Waals surface area contributed by atoms with Crippen molar-refractivity contribution in [2.24, 2.45) is 5.92 Å². The van der Waals surface area contributed by atoms with Gasteiger partial charge < -0.3 is 20.2 Å². The molecule has 13 heteroatoms. The molecule has 3 aromatic carbocycles. The average Bonchev–Trinajstić information content (AvgIpc) is 3.64. The van der Waals surface area contributed by atoms with Crippen molar-refractivity contribution in [1.82, 2.24) is 20.1 Å². The summed E-state index contributed by atoms with van der Waals surface area (Å²) in [5.41, 5.74) is 1.54. The fourth-order valence-electron chi connectivity index (χ4n) is 6.73. The number of aromatic nitrogens is 1. The van der Waals surface area contributed by atoms with E-state index >= 15 is 0 Å². The van der Waals surface area contributed by atoms with E-state index in [0.29, 0.717) is 80.7 Å². The molecule has 51 heavy (non-hydrogen) atoms. The number of aliphatic hydroxyl groups excluding tert-OH is 1. The lowest BCUT2D eigenvalue weighted by Gasteiger charge is -2.32. The maximum atomic E-state index is 13.5. The minimum absolute atomic E-state index is 0.00439. The Kier molecular flexibility index (Phi) is 11.3. The highest BCUT2D eigenvalue weighted by Gasteiger charge is 2.31. The van der Waals surface area contributed by atoms with E-state index in [2.05, 4.69) is 15.2 Å². The van der Waals surface area contributed by atoms with Gasteiger partial charge in [-0.25, -0.2) is 9.37 Å². The number of thiazole rings is 1. The van der Waals surface area contributed by atoms with Crippen LogP contribution in [0.4, 0.5) is 17.6 Å². The molecule has 2 N–H and O–H groups in total. The molecule has 0 radical (unpaired) electrons. The minimum Gasteiger partial charge on any atom is -0.390 e. The van der Waals surface area contributed by atoms with Crippen molar-refractivity contribution in [3.63, 3.8) is 0 Å². The number of nitrogens with one attached hydrogen (secondary N) is 1. The molecule has 2 fully saturated rings. The number of aliphatic hydroxyl groups is 1. The van der Waals surface area contributed by atoms with Gasteiger partial charge in [-0.15, -0.1) is 11.3 Å². The number of carbonyl (C=O) groups is 3. The van der Waals surface area contributed by atoms with Gasteiger partial charge in [0.15, 0.2) is 5.78 Å². The topological polar surface area (TPSA) is 103 Å².